The zero-order valence-electron chi connectivity index (χ0n) is 16.0. The maximum Gasteiger partial charge on any atom is 0.273 e. The summed E-state index contributed by atoms with van der Waals surface area (Å²) in [5, 5.41) is 6.65. The molecule has 146 valence electrons. The number of amides is 1. The SMILES string of the molecule is Cc1cnc(CCNC(=O)c2cc(COc3ccc4c(c3)CCCC4)on2)[nH]1. The Morgan fingerprint density at radius 1 is 1.25 bits per heavy atom. The van der Waals surface area contributed by atoms with Gasteiger partial charge in [0.15, 0.2) is 11.5 Å². The highest BCUT2D eigenvalue weighted by Crippen LogP contribution is 2.25. The lowest BCUT2D eigenvalue weighted by atomic mass is 9.92. The average Bonchev–Trinajstić information content (AvgIpc) is 3.35. The van der Waals surface area contributed by atoms with Gasteiger partial charge < -0.3 is 19.6 Å². The molecule has 0 saturated carbocycles. The summed E-state index contributed by atoms with van der Waals surface area (Å²) in [6.07, 6.45) is 7.15. The van der Waals surface area contributed by atoms with E-state index in [9.17, 15) is 4.79 Å². The molecule has 1 aliphatic rings. The topological polar surface area (TPSA) is 93.0 Å². The summed E-state index contributed by atoms with van der Waals surface area (Å²) in [5.74, 6) is 1.91. The molecule has 0 bridgehead atoms. The Balaban J connectivity index is 1.27. The van der Waals surface area contributed by atoms with Gasteiger partial charge in [0.2, 0.25) is 0 Å². The first kappa shape index (κ1) is 18.3. The Kier molecular flexibility index (Phi) is 5.41. The number of nitrogens with one attached hydrogen (secondary N) is 2. The van der Waals surface area contributed by atoms with Crippen molar-refractivity contribution >= 4 is 5.91 Å². The zero-order chi connectivity index (χ0) is 19.3. The number of carbonyl (C=O) groups is 1. The van der Waals surface area contributed by atoms with Gasteiger partial charge in [0, 0.05) is 30.9 Å². The van der Waals surface area contributed by atoms with Gasteiger partial charge in [-0.3, -0.25) is 4.79 Å². The normalized spacial score (nSPS) is 13.2. The Morgan fingerprint density at radius 2 is 2.11 bits per heavy atom. The van der Waals surface area contributed by atoms with Crippen LogP contribution in [0.25, 0.3) is 0 Å². The van der Waals surface area contributed by atoms with E-state index in [4.69, 9.17) is 9.26 Å². The first-order chi connectivity index (χ1) is 13.7. The van der Waals surface area contributed by atoms with Gasteiger partial charge in [-0.05, 0) is 55.9 Å². The molecule has 1 aliphatic carbocycles. The lowest BCUT2D eigenvalue weighted by Gasteiger charge is -2.16. The number of H-pyrrole nitrogens is 1. The molecule has 0 atom stereocenters. The number of carbonyl (C=O) groups excluding carboxylic acids is 1. The van der Waals surface area contributed by atoms with Crippen molar-refractivity contribution in [2.24, 2.45) is 0 Å². The third kappa shape index (κ3) is 4.42. The van der Waals surface area contributed by atoms with E-state index in [-0.39, 0.29) is 18.2 Å². The van der Waals surface area contributed by atoms with Crippen molar-refractivity contribution in [2.75, 3.05) is 6.54 Å². The Bertz CT molecular complexity index is 960. The summed E-state index contributed by atoms with van der Waals surface area (Å²) >= 11 is 0. The quantitative estimate of drug-likeness (QED) is 0.657. The van der Waals surface area contributed by atoms with Crippen molar-refractivity contribution in [1.82, 2.24) is 20.4 Å². The van der Waals surface area contributed by atoms with E-state index in [1.165, 1.54) is 24.0 Å². The van der Waals surface area contributed by atoms with E-state index in [2.05, 4.69) is 32.6 Å². The number of fused-ring (bicyclic) bond motifs is 1. The highest BCUT2D eigenvalue weighted by atomic mass is 16.5. The molecule has 7 heteroatoms. The van der Waals surface area contributed by atoms with Gasteiger partial charge in [-0.15, -0.1) is 0 Å². The molecule has 2 heterocycles. The number of rotatable bonds is 7. The molecule has 7 nitrogen and oxygen atoms in total. The average molecular weight is 380 g/mol. The Morgan fingerprint density at radius 3 is 2.93 bits per heavy atom. The molecule has 0 spiro atoms. The van der Waals surface area contributed by atoms with E-state index < -0.39 is 0 Å². The second-order valence-corrected chi connectivity index (χ2v) is 7.12. The molecule has 3 aromatic rings. The van der Waals surface area contributed by atoms with Crippen molar-refractivity contribution in [3.05, 3.63) is 64.6 Å². The number of hydrogen-bond acceptors (Lipinski definition) is 5. The minimum atomic E-state index is -0.271. The number of benzene rings is 1. The summed E-state index contributed by atoms with van der Waals surface area (Å²) in [7, 11) is 0. The number of ether oxygens (including phenoxy) is 1. The molecular formula is C21H24N4O3. The third-order valence-corrected chi connectivity index (χ3v) is 4.90. The first-order valence-corrected chi connectivity index (χ1v) is 9.66. The van der Waals surface area contributed by atoms with Crippen molar-refractivity contribution in [3.63, 3.8) is 0 Å². The fourth-order valence-electron chi connectivity index (χ4n) is 3.42. The fraction of sp³-hybridized carbons (Fsp3) is 0.381. The van der Waals surface area contributed by atoms with Crippen LogP contribution in [0.15, 0.2) is 35.0 Å². The molecule has 1 amide bonds. The van der Waals surface area contributed by atoms with Crippen LogP contribution in [0.1, 0.15) is 51.7 Å². The summed E-state index contributed by atoms with van der Waals surface area (Å²) in [4.78, 5) is 19.5. The van der Waals surface area contributed by atoms with E-state index in [1.807, 2.05) is 13.0 Å². The Labute approximate surface area is 163 Å². The molecule has 4 rings (SSSR count). The first-order valence-electron chi connectivity index (χ1n) is 9.66. The van der Waals surface area contributed by atoms with Gasteiger partial charge in [-0.2, -0.15) is 0 Å². The fourth-order valence-corrected chi connectivity index (χ4v) is 3.42. The predicted molar refractivity (Wildman–Crippen MR) is 103 cm³/mol. The monoisotopic (exact) mass is 380 g/mol. The predicted octanol–water partition coefficient (Wildman–Crippen LogP) is 3.14. The second-order valence-electron chi connectivity index (χ2n) is 7.12. The van der Waals surface area contributed by atoms with Gasteiger partial charge in [-0.25, -0.2) is 4.98 Å². The molecule has 0 saturated heterocycles. The van der Waals surface area contributed by atoms with Crippen molar-refractivity contribution in [2.45, 2.75) is 45.6 Å². The largest absolute Gasteiger partial charge is 0.486 e. The lowest BCUT2D eigenvalue weighted by Crippen LogP contribution is -2.26. The molecule has 0 aliphatic heterocycles. The van der Waals surface area contributed by atoms with Crippen LogP contribution in [0.3, 0.4) is 0 Å². The van der Waals surface area contributed by atoms with E-state index in [1.54, 1.807) is 12.3 Å². The van der Waals surface area contributed by atoms with E-state index >= 15 is 0 Å². The van der Waals surface area contributed by atoms with Crippen molar-refractivity contribution < 1.29 is 14.1 Å². The van der Waals surface area contributed by atoms with Crippen LogP contribution in [0, 0.1) is 6.92 Å². The molecular weight excluding hydrogens is 356 g/mol. The summed E-state index contributed by atoms with van der Waals surface area (Å²) in [6, 6.07) is 7.85. The van der Waals surface area contributed by atoms with Crippen LogP contribution in [0.2, 0.25) is 0 Å². The van der Waals surface area contributed by atoms with Crippen LogP contribution in [-0.2, 0) is 25.9 Å². The van der Waals surface area contributed by atoms with E-state index in [0.717, 1.165) is 30.1 Å². The van der Waals surface area contributed by atoms with Crippen LogP contribution >= 0.6 is 0 Å². The maximum atomic E-state index is 12.2. The van der Waals surface area contributed by atoms with Gasteiger partial charge >= 0.3 is 0 Å². The van der Waals surface area contributed by atoms with Crippen molar-refractivity contribution in [1.29, 1.82) is 0 Å². The van der Waals surface area contributed by atoms with Gasteiger partial charge in [-0.1, -0.05) is 11.2 Å². The van der Waals surface area contributed by atoms with Crippen LogP contribution in [-0.4, -0.2) is 27.6 Å². The molecule has 0 fully saturated rings. The number of hydrogen-bond donors (Lipinski definition) is 2. The molecule has 1 aromatic carbocycles. The molecule has 0 radical (unpaired) electrons. The maximum absolute atomic E-state index is 12.2. The van der Waals surface area contributed by atoms with Gasteiger partial charge in [0.05, 0.1) is 0 Å². The molecule has 2 N–H and O–H groups in total. The summed E-state index contributed by atoms with van der Waals surface area (Å²) in [5.41, 5.74) is 4.04. The minimum Gasteiger partial charge on any atom is -0.486 e. The summed E-state index contributed by atoms with van der Waals surface area (Å²) in [6.45, 7) is 2.66. The second kappa shape index (κ2) is 8.29. The zero-order valence-corrected chi connectivity index (χ0v) is 16.0. The van der Waals surface area contributed by atoms with E-state index in [0.29, 0.717) is 18.7 Å². The smallest absolute Gasteiger partial charge is 0.273 e. The number of nitrogens with zero attached hydrogens (tertiary/aromatic N) is 2. The third-order valence-electron chi connectivity index (χ3n) is 4.90. The number of aromatic nitrogens is 3. The number of imidazole rings is 1. The molecule has 2 aromatic heterocycles. The highest BCUT2D eigenvalue weighted by molar-refractivity contribution is 5.92. The molecule has 28 heavy (non-hydrogen) atoms. The van der Waals surface area contributed by atoms with Crippen LogP contribution < -0.4 is 10.1 Å². The number of aromatic amines is 1. The number of aryl methyl sites for hydroxylation is 3. The molecule has 0 unspecified atom stereocenters. The minimum absolute atomic E-state index is 0.241. The standard InChI is InChI=1S/C21H24N4O3/c1-14-12-23-20(24-14)8-9-22-21(26)19-11-18(28-25-19)13-27-17-7-6-15-4-2-3-5-16(15)10-17/h6-7,10-12H,2-5,8-9,13H2,1H3,(H,22,26)(H,23,24). The lowest BCUT2D eigenvalue weighted by molar-refractivity contribution is 0.0944. The van der Waals surface area contributed by atoms with Crippen LogP contribution in [0.4, 0.5) is 0 Å². The summed E-state index contributed by atoms with van der Waals surface area (Å²) < 4.78 is 11.0. The Hall–Kier alpha value is -3.09. The highest BCUT2D eigenvalue weighted by Gasteiger charge is 2.14. The van der Waals surface area contributed by atoms with Gasteiger partial charge in [0.25, 0.3) is 5.91 Å². The van der Waals surface area contributed by atoms with Crippen molar-refractivity contribution in [3.8, 4) is 5.75 Å². The van der Waals surface area contributed by atoms with Gasteiger partial charge in [0.1, 0.15) is 18.2 Å². The van der Waals surface area contributed by atoms with Crippen LogP contribution in [0.5, 0.6) is 5.75 Å².